The van der Waals surface area contributed by atoms with Gasteiger partial charge in [0.05, 0.1) is 6.20 Å². The SMILES string of the molecule is CCn1cc(CC(N)Cc2cc(F)cc(F)c2)cn1. The van der Waals surface area contributed by atoms with Crippen LogP contribution in [0, 0.1) is 11.6 Å². The third-order valence-electron chi connectivity index (χ3n) is 2.93. The smallest absolute Gasteiger partial charge is 0.126 e. The van der Waals surface area contributed by atoms with Crippen LogP contribution in [0.15, 0.2) is 30.6 Å². The molecule has 0 saturated carbocycles. The molecule has 1 aromatic heterocycles. The normalized spacial score (nSPS) is 12.6. The van der Waals surface area contributed by atoms with Crippen LogP contribution in [-0.4, -0.2) is 15.8 Å². The van der Waals surface area contributed by atoms with Crippen LogP contribution in [0.25, 0.3) is 0 Å². The Bertz CT molecular complexity index is 531. The molecule has 2 rings (SSSR count). The van der Waals surface area contributed by atoms with E-state index in [-0.39, 0.29) is 6.04 Å². The molecule has 0 aliphatic carbocycles. The Kier molecular flexibility index (Phi) is 4.27. The molecule has 0 fully saturated rings. The van der Waals surface area contributed by atoms with E-state index >= 15 is 0 Å². The van der Waals surface area contributed by atoms with Gasteiger partial charge in [0.25, 0.3) is 0 Å². The maximum Gasteiger partial charge on any atom is 0.126 e. The molecule has 0 aliphatic rings. The quantitative estimate of drug-likeness (QED) is 0.901. The zero-order chi connectivity index (χ0) is 13.8. The number of aryl methyl sites for hydroxylation is 1. The van der Waals surface area contributed by atoms with E-state index in [2.05, 4.69) is 5.10 Å². The highest BCUT2D eigenvalue weighted by Crippen LogP contribution is 2.11. The van der Waals surface area contributed by atoms with Gasteiger partial charge < -0.3 is 5.73 Å². The number of benzene rings is 1. The standard InChI is InChI=1S/C14H17F2N3/c1-2-19-9-11(8-18-19)6-14(17)5-10-3-12(15)7-13(16)4-10/h3-4,7-9,14H,2,5-6,17H2,1H3. The highest BCUT2D eigenvalue weighted by atomic mass is 19.1. The van der Waals surface area contributed by atoms with Crippen molar-refractivity contribution in [2.75, 3.05) is 0 Å². The molecule has 0 saturated heterocycles. The van der Waals surface area contributed by atoms with Crippen LogP contribution in [0.1, 0.15) is 18.1 Å². The summed E-state index contributed by atoms with van der Waals surface area (Å²) in [7, 11) is 0. The molecule has 3 nitrogen and oxygen atoms in total. The van der Waals surface area contributed by atoms with E-state index in [1.807, 2.05) is 17.8 Å². The number of nitrogens with zero attached hydrogens (tertiary/aromatic N) is 2. The van der Waals surface area contributed by atoms with Gasteiger partial charge in [-0.05, 0) is 43.0 Å². The molecule has 5 heteroatoms. The van der Waals surface area contributed by atoms with Gasteiger partial charge in [-0.1, -0.05) is 0 Å². The van der Waals surface area contributed by atoms with Crippen molar-refractivity contribution >= 4 is 0 Å². The Hall–Kier alpha value is -1.75. The molecule has 1 aromatic carbocycles. The van der Waals surface area contributed by atoms with Gasteiger partial charge in [-0.3, -0.25) is 4.68 Å². The minimum Gasteiger partial charge on any atom is -0.327 e. The molecule has 0 bridgehead atoms. The van der Waals surface area contributed by atoms with Crippen molar-refractivity contribution in [3.05, 3.63) is 53.4 Å². The van der Waals surface area contributed by atoms with Gasteiger partial charge in [-0.2, -0.15) is 5.10 Å². The van der Waals surface area contributed by atoms with Crippen LogP contribution in [0.3, 0.4) is 0 Å². The summed E-state index contributed by atoms with van der Waals surface area (Å²) in [6.07, 6.45) is 4.78. The lowest BCUT2D eigenvalue weighted by atomic mass is 10.0. The Morgan fingerprint density at radius 1 is 1.16 bits per heavy atom. The maximum absolute atomic E-state index is 13.1. The van der Waals surface area contributed by atoms with Gasteiger partial charge in [0.1, 0.15) is 11.6 Å². The van der Waals surface area contributed by atoms with E-state index in [9.17, 15) is 8.78 Å². The number of halogens is 2. The molecule has 1 unspecified atom stereocenters. The molecule has 0 radical (unpaired) electrons. The fraction of sp³-hybridized carbons (Fsp3) is 0.357. The lowest BCUT2D eigenvalue weighted by molar-refractivity contribution is 0.574. The van der Waals surface area contributed by atoms with Crippen LogP contribution >= 0.6 is 0 Å². The molecule has 1 heterocycles. The molecule has 1 atom stereocenters. The minimum absolute atomic E-state index is 0.185. The first-order valence-electron chi connectivity index (χ1n) is 6.28. The summed E-state index contributed by atoms with van der Waals surface area (Å²) in [6, 6.07) is 3.31. The number of nitrogens with two attached hydrogens (primary N) is 1. The fourth-order valence-electron chi connectivity index (χ4n) is 2.09. The second-order valence-corrected chi connectivity index (χ2v) is 4.65. The molecule has 0 aliphatic heterocycles. The van der Waals surface area contributed by atoms with Crippen molar-refractivity contribution < 1.29 is 8.78 Å². The molecule has 0 spiro atoms. The van der Waals surface area contributed by atoms with Gasteiger partial charge >= 0.3 is 0 Å². The number of aromatic nitrogens is 2. The summed E-state index contributed by atoms with van der Waals surface area (Å²) in [5.74, 6) is -1.14. The first kappa shape index (κ1) is 13.7. The molecule has 0 amide bonds. The predicted molar refractivity (Wildman–Crippen MR) is 69.6 cm³/mol. The van der Waals surface area contributed by atoms with E-state index in [0.717, 1.165) is 18.2 Å². The van der Waals surface area contributed by atoms with Crippen LogP contribution in [-0.2, 0) is 19.4 Å². The zero-order valence-electron chi connectivity index (χ0n) is 10.8. The highest BCUT2D eigenvalue weighted by Gasteiger charge is 2.09. The van der Waals surface area contributed by atoms with E-state index in [4.69, 9.17) is 5.73 Å². The van der Waals surface area contributed by atoms with Crippen molar-refractivity contribution in [2.24, 2.45) is 5.73 Å². The Balaban J connectivity index is 1.98. The summed E-state index contributed by atoms with van der Waals surface area (Å²) >= 11 is 0. The molecule has 102 valence electrons. The van der Waals surface area contributed by atoms with Gasteiger partial charge in [-0.15, -0.1) is 0 Å². The first-order valence-corrected chi connectivity index (χ1v) is 6.28. The van der Waals surface area contributed by atoms with Gasteiger partial charge in [0.15, 0.2) is 0 Å². The molecule has 2 aromatic rings. The van der Waals surface area contributed by atoms with Crippen molar-refractivity contribution in [3.8, 4) is 0 Å². The molecular formula is C14H17F2N3. The molecule has 2 N–H and O–H groups in total. The van der Waals surface area contributed by atoms with Gasteiger partial charge in [0, 0.05) is 24.8 Å². The summed E-state index contributed by atoms with van der Waals surface area (Å²) in [6.45, 7) is 2.82. The topological polar surface area (TPSA) is 43.8 Å². The second kappa shape index (κ2) is 5.93. The summed E-state index contributed by atoms with van der Waals surface area (Å²) in [5, 5.41) is 4.16. The zero-order valence-corrected chi connectivity index (χ0v) is 10.8. The number of hydrogen-bond acceptors (Lipinski definition) is 2. The molecule has 19 heavy (non-hydrogen) atoms. The summed E-state index contributed by atoms with van der Waals surface area (Å²) in [4.78, 5) is 0. The monoisotopic (exact) mass is 265 g/mol. The lowest BCUT2D eigenvalue weighted by Crippen LogP contribution is -2.25. The second-order valence-electron chi connectivity index (χ2n) is 4.65. The summed E-state index contributed by atoms with van der Waals surface area (Å²) in [5.41, 5.74) is 7.62. The third kappa shape index (κ3) is 3.86. The highest BCUT2D eigenvalue weighted by molar-refractivity contribution is 5.19. The minimum atomic E-state index is -0.569. The predicted octanol–water partition coefficient (Wildman–Crippen LogP) is 2.29. The van der Waals surface area contributed by atoms with Crippen LogP contribution < -0.4 is 5.73 Å². The van der Waals surface area contributed by atoms with Crippen LogP contribution in [0.2, 0.25) is 0 Å². The van der Waals surface area contributed by atoms with Gasteiger partial charge in [-0.25, -0.2) is 8.78 Å². The Morgan fingerprint density at radius 2 is 1.79 bits per heavy atom. The number of rotatable bonds is 5. The molecular weight excluding hydrogens is 248 g/mol. The van der Waals surface area contributed by atoms with E-state index < -0.39 is 11.6 Å². The van der Waals surface area contributed by atoms with E-state index in [0.29, 0.717) is 18.4 Å². The summed E-state index contributed by atoms with van der Waals surface area (Å²) < 4.78 is 27.9. The van der Waals surface area contributed by atoms with E-state index in [1.165, 1.54) is 12.1 Å². The maximum atomic E-state index is 13.1. The Labute approximate surface area is 111 Å². The van der Waals surface area contributed by atoms with E-state index in [1.54, 1.807) is 6.20 Å². The lowest BCUT2D eigenvalue weighted by Gasteiger charge is -2.10. The average molecular weight is 265 g/mol. The number of hydrogen-bond donors (Lipinski definition) is 1. The fourth-order valence-corrected chi connectivity index (χ4v) is 2.09. The largest absolute Gasteiger partial charge is 0.327 e. The first-order chi connectivity index (χ1) is 9.06. The van der Waals surface area contributed by atoms with Crippen molar-refractivity contribution in [2.45, 2.75) is 32.4 Å². The third-order valence-corrected chi connectivity index (χ3v) is 2.93. The Morgan fingerprint density at radius 3 is 2.37 bits per heavy atom. The average Bonchev–Trinajstić information content (AvgIpc) is 2.74. The van der Waals surface area contributed by atoms with Crippen molar-refractivity contribution in [3.63, 3.8) is 0 Å². The van der Waals surface area contributed by atoms with Crippen molar-refractivity contribution in [1.29, 1.82) is 0 Å². The van der Waals surface area contributed by atoms with Crippen molar-refractivity contribution in [1.82, 2.24) is 9.78 Å². The van der Waals surface area contributed by atoms with Crippen LogP contribution in [0.4, 0.5) is 8.78 Å². The van der Waals surface area contributed by atoms with Crippen LogP contribution in [0.5, 0.6) is 0 Å². The van der Waals surface area contributed by atoms with Gasteiger partial charge in [0.2, 0.25) is 0 Å².